The number of ether oxygens (including phenoxy) is 1. The molecule has 1 heterocycles. The van der Waals surface area contributed by atoms with Crippen LogP contribution in [0.3, 0.4) is 0 Å². The number of aromatic amines is 1. The lowest BCUT2D eigenvalue weighted by Crippen LogP contribution is -1.99. The van der Waals surface area contributed by atoms with Gasteiger partial charge in [0.25, 0.3) is 0 Å². The molecule has 0 fully saturated rings. The van der Waals surface area contributed by atoms with E-state index in [1.54, 1.807) is 0 Å². The zero-order valence-electron chi connectivity index (χ0n) is 14.6. The van der Waals surface area contributed by atoms with Crippen molar-refractivity contribution in [3.8, 4) is 17.1 Å². The number of H-pyrrole nitrogens is 1. The molecule has 0 aliphatic rings. The minimum absolute atomic E-state index is 0.177. The van der Waals surface area contributed by atoms with Crippen LogP contribution in [0.15, 0.2) is 36.4 Å². The van der Waals surface area contributed by atoms with Crippen LogP contribution in [0.4, 0.5) is 0 Å². The molecule has 0 unspecified atom stereocenters. The largest absolute Gasteiger partial charge is 0.494 e. The van der Waals surface area contributed by atoms with Crippen LogP contribution in [0.25, 0.3) is 22.4 Å². The molecule has 0 aliphatic heterocycles. The number of halogens is 1. The Morgan fingerprint density at radius 3 is 2.65 bits per heavy atom. The minimum atomic E-state index is -0.766. The van der Waals surface area contributed by atoms with Gasteiger partial charge in [-0.1, -0.05) is 11.6 Å². The lowest BCUT2D eigenvalue weighted by molar-refractivity contribution is -0.137. The number of carboxylic acids is 1. The van der Waals surface area contributed by atoms with Gasteiger partial charge in [0.2, 0.25) is 0 Å². The average molecular weight is 373 g/mol. The van der Waals surface area contributed by atoms with Gasteiger partial charge >= 0.3 is 5.97 Å². The molecule has 136 valence electrons. The summed E-state index contributed by atoms with van der Waals surface area (Å²) in [5, 5.41) is 9.50. The quantitative estimate of drug-likeness (QED) is 0.541. The van der Waals surface area contributed by atoms with E-state index in [1.165, 1.54) is 0 Å². The Morgan fingerprint density at radius 2 is 1.96 bits per heavy atom. The average Bonchev–Trinajstić information content (AvgIpc) is 3.05. The zero-order valence-corrected chi connectivity index (χ0v) is 15.3. The lowest BCUT2D eigenvalue weighted by atomic mass is 10.0. The lowest BCUT2D eigenvalue weighted by Gasteiger charge is -2.10. The molecule has 1 aromatic heterocycles. The Hall–Kier alpha value is -2.53. The van der Waals surface area contributed by atoms with Gasteiger partial charge in [-0.2, -0.15) is 0 Å². The first-order valence-corrected chi connectivity index (χ1v) is 9.08. The van der Waals surface area contributed by atoms with E-state index in [1.807, 2.05) is 43.3 Å². The number of nitrogens with one attached hydrogen (secondary N) is 1. The van der Waals surface area contributed by atoms with Crippen LogP contribution in [0.5, 0.6) is 5.75 Å². The molecule has 0 radical (unpaired) electrons. The van der Waals surface area contributed by atoms with Crippen molar-refractivity contribution in [3.05, 3.63) is 47.0 Å². The van der Waals surface area contributed by atoms with Crippen molar-refractivity contribution in [2.24, 2.45) is 0 Å². The number of hydrogen-bond acceptors (Lipinski definition) is 3. The first kappa shape index (κ1) is 18.3. The zero-order chi connectivity index (χ0) is 18.5. The van der Waals surface area contributed by atoms with Crippen LogP contribution >= 0.6 is 11.6 Å². The topological polar surface area (TPSA) is 75.2 Å². The third-order valence-corrected chi connectivity index (χ3v) is 4.45. The Balaban J connectivity index is 1.94. The molecule has 2 N–H and O–H groups in total. The number of imidazole rings is 1. The molecule has 5 nitrogen and oxygen atoms in total. The Morgan fingerprint density at radius 1 is 1.19 bits per heavy atom. The minimum Gasteiger partial charge on any atom is -0.494 e. The first-order valence-electron chi connectivity index (χ1n) is 8.70. The fourth-order valence-electron chi connectivity index (χ4n) is 2.97. The summed E-state index contributed by atoms with van der Waals surface area (Å²) in [6.45, 7) is 2.52. The van der Waals surface area contributed by atoms with Gasteiger partial charge in [0.1, 0.15) is 11.6 Å². The molecular weight excluding hydrogens is 352 g/mol. The van der Waals surface area contributed by atoms with Gasteiger partial charge in [0, 0.05) is 22.6 Å². The van der Waals surface area contributed by atoms with Crippen LogP contribution in [0, 0.1) is 0 Å². The summed E-state index contributed by atoms with van der Waals surface area (Å²) in [6.07, 6.45) is 2.31. The highest BCUT2D eigenvalue weighted by Gasteiger charge is 2.14. The molecule has 0 bridgehead atoms. The van der Waals surface area contributed by atoms with Gasteiger partial charge in [-0.3, -0.25) is 4.79 Å². The molecule has 26 heavy (non-hydrogen) atoms. The van der Waals surface area contributed by atoms with Crippen molar-refractivity contribution in [2.75, 3.05) is 6.61 Å². The highest BCUT2D eigenvalue weighted by atomic mass is 35.5. The number of aromatic nitrogens is 2. The number of aryl methyl sites for hydroxylation is 1. The van der Waals surface area contributed by atoms with Crippen molar-refractivity contribution in [3.63, 3.8) is 0 Å². The van der Waals surface area contributed by atoms with E-state index >= 15 is 0 Å². The highest BCUT2D eigenvalue weighted by molar-refractivity contribution is 6.30. The molecule has 0 saturated heterocycles. The molecule has 0 saturated carbocycles. The molecule has 0 spiro atoms. The van der Waals surface area contributed by atoms with Crippen molar-refractivity contribution < 1.29 is 14.6 Å². The molecular formula is C20H21ClN2O3. The van der Waals surface area contributed by atoms with E-state index < -0.39 is 5.97 Å². The standard InChI is InChI=1S/C20H21ClN2O3/c1-2-26-17-12-11-16-19(15(17)5-3-4-6-18(24)25)23-20(22-16)13-7-9-14(21)10-8-13/h7-12H,2-6H2,1H3,(H,22,23)(H,24,25). The summed E-state index contributed by atoms with van der Waals surface area (Å²) in [6, 6.07) is 11.4. The number of hydrogen-bond donors (Lipinski definition) is 2. The van der Waals surface area contributed by atoms with E-state index in [0.29, 0.717) is 18.1 Å². The van der Waals surface area contributed by atoms with Crippen LogP contribution in [0.2, 0.25) is 5.02 Å². The second-order valence-electron chi connectivity index (χ2n) is 6.06. The fraction of sp³-hybridized carbons (Fsp3) is 0.300. The summed E-state index contributed by atoms with van der Waals surface area (Å²) in [5.41, 5.74) is 3.79. The summed E-state index contributed by atoms with van der Waals surface area (Å²) in [4.78, 5) is 18.8. The number of nitrogens with zero attached hydrogens (tertiary/aromatic N) is 1. The van der Waals surface area contributed by atoms with Crippen LogP contribution < -0.4 is 4.74 Å². The predicted molar refractivity (Wildman–Crippen MR) is 103 cm³/mol. The fourth-order valence-corrected chi connectivity index (χ4v) is 3.09. The summed E-state index contributed by atoms with van der Waals surface area (Å²) < 4.78 is 5.77. The van der Waals surface area contributed by atoms with E-state index in [0.717, 1.165) is 46.6 Å². The maximum Gasteiger partial charge on any atom is 0.303 e. The van der Waals surface area contributed by atoms with Gasteiger partial charge in [-0.05, 0) is 62.6 Å². The first-order chi connectivity index (χ1) is 12.6. The van der Waals surface area contributed by atoms with Gasteiger partial charge in [-0.15, -0.1) is 0 Å². The number of unbranched alkanes of at least 4 members (excludes halogenated alkanes) is 1. The van der Waals surface area contributed by atoms with E-state index in [9.17, 15) is 4.79 Å². The molecule has 6 heteroatoms. The number of rotatable bonds is 8. The second kappa shape index (κ2) is 8.23. The molecule has 3 rings (SSSR count). The molecule has 3 aromatic rings. The van der Waals surface area contributed by atoms with Gasteiger partial charge in [0.15, 0.2) is 0 Å². The van der Waals surface area contributed by atoms with Crippen LogP contribution in [0.1, 0.15) is 31.7 Å². The predicted octanol–water partition coefficient (Wildman–Crippen LogP) is 5.08. The maximum absolute atomic E-state index is 10.7. The number of benzene rings is 2. The van der Waals surface area contributed by atoms with Crippen molar-refractivity contribution in [1.82, 2.24) is 9.97 Å². The van der Waals surface area contributed by atoms with Crippen LogP contribution in [-0.4, -0.2) is 27.7 Å². The highest BCUT2D eigenvalue weighted by Crippen LogP contribution is 2.31. The number of aliphatic carboxylic acids is 1. The van der Waals surface area contributed by atoms with Crippen molar-refractivity contribution in [2.45, 2.75) is 32.6 Å². The summed E-state index contributed by atoms with van der Waals surface area (Å²) in [5.74, 6) is 0.819. The number of carbonyl (C=O) groups is 1. The Kier molecular flexibility index (Phi) is 5.78. The van der Waals surface area contributed by atoms with Crippen molar-refractivity contribution in [1.29, 1.82) is 0 Å². The maximum atomic E-state index is 10.7. The molecule has 0 aliphatic carbocycles. The van der Waals surface area contributed by atoms with E-state index in [-0.39, 0.29) is 6.42 Å². The SMILES string of the molecule is CCOc1ccc2[nH]c(-c3ccc(Cl)cc3)nc2c1CCCCC(=O)O. The second-order valence-corrected chi connectivity index (χ2v) is 6.50. The van der Waals surface area contributed by atoms with Gasteiger partial charge < -0.3 is 14.8 Å². The van der Waals surface area contributed by atoms with E-state index in [2.05, 4.69) is 4.98 Å². The Bertz CT molecular complexity index is 903. The number of carboxylic acid groups (broad SMARTS) is 1. The van der Waals surface area contributed by atoms with Gasteiger partial charge in [-0.25, -0.2) is 4.98 Å². The molecule has 0 atom stereocenters. The normalized spacial score (nSPS) is 11.0. The third-order valence-electron chi connectivity index (χ3n) is 4.20. The third kappa shape index (κ3) is 4.17. The Labute approximate surface area is 157 Å². The van der Waals surface area contributed by atoms with Gasteiger partial charge in [0.05, 0.1) is 17.6 Å². The number of fused-ring (bicyclic) bond motifs is 1. The van der Waals surface area contributed by atoms with Crippen molar-refractivity contribution >= 4 is 28.6 Å². The summed E-state index contributed by atoms with van der Waals surface area (Å²) >= 11 is 5.96. The smallest absolute Gasteiger partial charge is 0.303 e. The monoisotopic (exact) mass is 372 g/mol. The summed E-state index contributed by atoms with van der Waals surface area (Å²) in [7, 11) is 0. The van der Waals surface area contributed by atoms with E-state index in [4.69, 9.17) is 26.4 Å². The molecule has 0 amide bonds. The van der Waals surface area contributed by atoms with Crippen LogP contribution in [-0.2, 0) is 11.2 Å². The molecule has 2 aromatic carbocycles.